The predicted molar refractivity (Wildman–Crippen MR) is 126 cm³/mol. The molecule has 0 saturated carbocycles. The Labute approximate surface area is 188 Å². The first-order chi connectivity index (χ1) is 14.8. The fourth-order valence-electron chi connectivity index (χ4n) is 3.46. The average Bonchev–Trinajstić information content (AvgIpc) is 3.22. The summed E-state index contributed by atoms with van der Waals surface area (Å²) in [7, 11) is 5.74. The molecule has 7 heteroatoms. The summed E-state index contributed by atoms with van der Waals surface area (Å²) in [4.78, 5) is 25.5. The van der Waals surface area contributed by atoms with Gasteiger partial charge in [-0.25, -0.2) is 9.97 Å². The summed E-state index contributed by atoms with van der Waals surface area (Å²) in [6, 6.07) is 13.6. The highest BCUT2D eigenvalue weighted by Crippen LogP contribution is 2.27. The van der Waals surface area contributed by atoms with Crippen molar-refractivity contribution in [3.63, 3.8) is 0 Å². The molecule has 1 aromatic carbocycles. The van der Waals surface area contributed by atoms with Gasteiger partial charge in [0.1, 0.15) is 11.6 Å². The number of aromatic nitrogens is 2. The van der Waals surface area contributed by atoms with Crippen LogP contribution in [0, 0.1) is 5.41 Å². The van der Waals surface area contributed by atoms with Crippen LogP contribution < -0.4 is 10.1 Å². The summed E-state index contributed by atoms with van der Waals surface area (Å²) >= 11 is 1.45. The molecule has 0 spiro atoms. The minimum absolute atomic E-state index is 0.00224. The maximum Gasteiger partial charge on any atom is 0.261 e. The molecule has 3 rings (SSSR count). The summed E-state index contributed by atoms with van der Waals surface area (Å²) in [5.74, 6) is 1.52. The fourth-order valence-corrected chi connectivity index (χ4v) is 4.36. The minimum atomic E-state index is -0.0457. The van der Waals surface area contributed by atoms with Crippen LogP contribution in [-0.2, 0) is 6.42 Å². The van der Waals surface area contributed by atoms with Gasteiger partial charge in [0.05, 0.1) is 22.6 Å². The number of thiophene rings is 1. The molecular formula is C24H30N4O2S. The van der Waals surface area contributed by atoms with E-state index in [9.17, 15) is 4.79 Å². The monoisotopic (exact) mass is 438 g/mol. The molecule has 1 N–H and O–H groups in total. The van der Waals surface area contributed by atoms with Crippen molar-refractivity contribution in [2.24, 2.45) is 5.41 Å². The Bertz CT molecular complexity index is 1010. The Hall–Kier alpha value is -2.77. The predicted octanol–water partition coefficient (Wildman–Crippen LogP) is 4.12. The number of hydrogen-bond donors (Lipinski definition) is 1. The van der Waals surface area contributed by atoms with Gasteiger partial charge in [-0.3, -0.25) is 4.79 Å². The van der Waals surface area contributed by atoms with Crippen molar-refractivity contribution >= 4 is 17.2 Å². The second-order valence-electron chi connectivity index (χ2n) is 8.63. The summed E-state index contributed by atoms with van der Waals surface area (Å²) < 4.78 is 5.21. The fraction of sp³-hybridized carbons (Fsp3) is 0.375. The first-order valence-corrected chi connectivity index (χ1v) is 11.1. The van der Waals surface area contributed by atoms with Gasteiger partial charge in [0.2, 0.25) is 0 Å². The molecule has 0 atom stereocenters. The molecule has 0 aliphatic rings. The minimum Gasteiger partial charge on any atom is -0.497 e. The quantitative estimate of drug-likeness (QED) is 0.544. The van der Waals surface area contributed by atoms with Gasteiger partial charge in [-0.2, -0.15) is 0 Å². The van der Waals surface area contributed by atoms with E-state index in [1.54, 1.807) is 13.3 Å². The lowest BCUT2D eigenvalue weighted by molar-refractivity contribution is 0.0933. The number of methoxy groups -OCH3 is 1. The van der Waals surface area contributed by atoms with Gasteiger partial charge >= 0.3 is 0 Å². The number of carbonyl (C=O) groups excluding carboxylic acids is 1. The van der Waals surface area contributed by atoms with Gasteiger partial charge < -0.3 is 15.0 Å². The Kier molecular flexibility index (Phi) is 7.41. The molecule has 0 bridgehead atoms. The summed E-state index contributed by atoms with van der Waals surface area (Å²) in [6.07, 6.45) is 2.40. The number of rotatable bonds is 9. The normalized spacial score (nSPS) is 11.5. The highest BCUT2D eigenvalue weighted by atomic mass is 32.1. The van der Waals surface area contributed by atoms with Crippen LogP contribution in [0.3, 0.4) is 0 Å². The van der Waals surface area contributed by atoms with E-state index in [1.165, 1.54) is 11.3 Å². The number of amides is 1. The molecule has 0 radical (unpaired) electrons. The van der Waals surface area contributed by atoms with Crippen molar-refractivity contribution in [2.75, 3.05) is 34.3 Å². The molecule has 2 heterocycles. The average molecular weight is 439 g/mol. The Morgan fingerprint density at radius 2 is 1.87 bits per heavy atom. The number of nitrogens with one attached hydrogen (secondary N) is 1. The molecular weight excluding hydrogens is 408 g/mol. The van der Waals surface area contributed by atoms with Crippen molar-refractivity contribution in [3.8, 4) is 16.3 Å². The van der Waals surface area contributed by atoms with Gasteiger partial charge in [-0.05, 0) is 55.4 Å². The number of ether oxygens (including phenoxy) is 1. The molecule has 1 amide bonds. The zero-order chi connectivity index (χ0) is 22.4. The number of hydrogen-bond acceptors (Lipinski definition) is 6. The van der Waals surface area contributed by atoms with Gasteiger partial charge in [-0.15, -0.1) is 11.3 Å². The van der Waals surface area contributed by atoms with E-state index >= 15 is 0 Å². The van der Waals surface area contributed by atoms with E-state index in [2.05, 4.69) is 29.0 Å². The standard InChI is InChI=1S/C24H30N4O2S/c1-24(2,16-28(3)4)15-26-23(29)21-11-10-20(31-21)19-12-13-25-22(27-19)14-17-6-8-18(30-5)9-7-17/h6-13H,14-16H2,1-5H3,(H,26,29). The van der Waals surface area contributed by atoms with E-state index in [1.807, 2.05) is 56.6 Å². The molecule has 3 aromatic rings. The summed E-state index contributed by atoms with van der Waals surface area (Å²) in [5, 5.41) is 3.06. The maximum absolute atomic E-state index is 12.6. The zero-order valence-electron chi connectivity index (χ0n) is 18.8. The molecule has 0 unspecified atom stereocenters. The second kappa shape index (κ2) is 10.0. The lowest BCUT2D eigenvalue weighted by Crippen LogP contribution is -2.39. The van der Waals surface area contributed by atoms with E-state index < -0.39 is 0 Å². The van der Waals surface area contributed by atoms with E-state index in [-0.39, 0.29) is 11.3 Å². The van der Waals surface area contributed by atoms with Crippen LogP contribution in [0.2, 0.25) is 0 Å². The van der Waals surface area contributed by atoms with Crippen LogP contribution in [-0.4, -0.2) is 55.1 Å². The van der Waals surface area contributed by atoms with Crippen LogP contribution in [0.5, 0.6) is 5.75 Å². The SMILES string of the molecule is COc1ccc(Cc2nccc(-c3ccc(C(=O)NCC(C)(C)CN(C)C)s3)n2)cc1. The second-order valence-corrected chi connectivity index (χ2v) is 9.72. The first kappa shape index (κ1) is 22.9. The molecule has 0 aliphatic carbocycles. The Morgan fingerprint density at radius 1 is 1.13 bits per heavy atom. The van der Waals surface area contributed by atoms with Crippen LogP contribution in [0.4, 0.5) is 0 Å². The topological polar surface area (TPSA) is 67.3 Å². The van der Waals surface area contributed by atoms with Crippen LogP contribution in [0.1, 0.15) is 34.9 Å². The Morgan fingerprint density at radius 3 is 2.55 bits per heavy atom. The molecule has 0 fully saturated rings. The van der Waals surface area contributed by atoms with Gasteiger partial charge in [-0.1, -0.05) is 26.0 Å². The van der Waals surface area contributed by atoms with E-state index in [4.69, 9.17) is 9.72 Å². The largest absolute Gasteiger partial charge is 0.497 e. The van der Waals surface area contributed by atoms with Crippen molar-refractivity contribution in [3.05, 3.63) is 64.9 Å². The first-order valence-electron chi connectivity index (χ1n) is 10.2. The van der Waals surface area contributed by atoms with Crippen molar-refractivity contribution in [1.82, 2.24) is 20.2 Å². The molecule has 2 aromatic heterocycles. The number of benzene rings is 1. The highest BCUT2D eigenvalue weighted by molar-refractivity contribution is 7.17. The third-order valence-corrected chi connectivity index (χ3v) is 5.89. The van der Waals surface area contributed by atoms with Crippen molar-refractivity contribution in [2.45, 2.75) is 20.3 Å². The third-order valence-electron chi connectivity index (χ3n) is 4.78. The lowest BCUT2D eigenvalue weighted by Gasteiger charge is -2.28. The van der Waals surface area contributed by atoms with Crippen molar-refractivity contribution in [1.29, 1.82) is 0 Å². The molecule has 164 valence electrons. The molecule has 6 nitrogen and oxygen atoms in total. The van der Waals surface area contributed by atoms with Crippen LogP contribution in [0.25, 0.3) is 10.6 Å². The lowest BCUT2D eigenvalue weighted by atomic mass is 9.93. The molecule has 31 heavy (non-hydrogen) atoms. The third kappa shape index (κ3) is 6.60. The van der Waals surface area contributed by atoms with Crippen molar-refractivity contribution < 1.29 is 9.53 Å². The zero-order valence-corrected chi connectivity index (χ0v) is 19.6. The summed E-state index contributed by atoms with van der Waals surface area (Å²) in [5.41, 5.74) is 1.95. The Balaban J connectivity index is 1.66. The van der Waals surface area contributed by atoms with Gasteiger partial charge in [0.15, 0.2) is 0 Å². The van der Waals surface area contributed by atoms with Gasteiger partial charge in [0.25, 0.3) is 5.91 Å². The van der Waals surface area contributed by atoms with Gasteiger partial charge in [0, 0.05) is 25.7 Å². The van der Waals surface area contributed by atoms with Crippen LogP contribution >= 0.6 is 11.3 Å². The number of carbonyl (C=O) groups is 1. The number of nitrogens with zero attached hydrogens (tertiary/aromatic N) is 3. The molecule has 0 aliphatic heterocycles. The smallest absolute Gasteiger partial charge is 0.261 e. The van der Waals surface area contributed by atoms with Crippen LogP contribution in [0.15, 0.2) is 48.7 Å². The molecule has 0 saturated heterocycles. The van der Waals surface area contributed by atoms with E-state index in [0.717, 1.165) is 34.3 Å². The highest BCUT2D eigenvalue weighted by Gasteiger charge is 2.21. The summed E-state index contributed by atoms with van der Waals surface area (Å²) in [6.45, 7) is 5.83. The maximum atomic E-state index is 12.6. The van der Waals surface area contributed by atoms with E-state index in [0.29, 0.717) is 17.8 Å².